The Kier molecular flexibility index (Phi) is 5.75. The molecule has 110 valence electrons. The van der Waals surface area contributed by atoms with Crippen LogP contribution in [0.2, 0.25) is 0 Å². The van der Waals surface area contributed by atoms with Gasteiger partial charge in [-0.2, -0.15) is 11.8 Å². The number of rotatable bonds is 6. The number of carbonyl (C=O) groups is 2. The fourth-order valence-electron chi connectivity index (χ4n) is 1.84. The van der Waals surface area contributed by atoms with Crippen molar-refractivity contribution >= 4 is 29.5 Å². The largest absolute Gasteiger partial charge is 0.467 e. The van der Waals surface area contributed by atoms with Crippen LogP contribution in [0.4, 0.5) is 10.5 Å². The van der Waals surface area contributed by atoms with Crippen molar-refractivity contribution in [2.45, 2.75) is 18.9 Å². The Morgan fingerprint density at radius 3 is 2.50 bits per heavy atom. The van der Waals surface area contributed by atoms with Gasteiger partial charge in [0.2, 0.25) is 0 Å². The van der Waals surface area contributed by atoms with Gasteiger partial charge >= 0.3 is 12.1 Å². The summed E-state index contributed by atoms with van der Waals surface area (Å²) in [6.45, 7) is 1.54. The van der Waals surface area contributed by atoms with Gasteiger partial charge in [0.15, 0.2) is 0 Å². The number of anilines is 1. The van der Waals surface area contributed by atoms with Crippen LogP contribution in [-0.2, 0) is 9.53 Å². The first kappa shape index (κ1) is 16.2. The van der Waals surface area contributed by atoms with Crippen LogP contribution in [0.5, 0.6) is 0 Å². The third-order valence-electron chi connectivity index (χ3n) is 2.91. The molecule has 0 saturated heterocycles. The molecule has 0 aliphatic heterocycles. The van der Waals surface area contributed by atoms with E-state index in [1.165, 1.54) is 44.5 Å². The number of hydrogen-bond acceptors (Lipinski definition) is 6. The van der Waals surface area contributed by atoms with Gasteiger partial charge in [0.05, 0.1) is 25.2 Å². The van der Waals surface area contributed by atoms with Crippen molar-refractivity contribution in [3.05, 3.63) is 18.7 Å². The number of carbonyl (C=O) groups excluding carboxylic acids is 1. The van der Waals surface area contributed by atoms with Gasteiger partial charge in [-0.1, -0.05) is 0 Å². The minimum absolute atomic E-state index is 0.231. The van der Waals surface area contributed by atoms with Gasteiger partial charge in [0.25, 0.3) is 0 Å². The molecule has 1 rings (SSSR count). The van der Waals surface area contributed by atoms with Crippen molar-refractivity contribution in [2.24, 2.45) is 0 Å². The predicted octanol–water partition coefficient (Wildman–Crippen LogP) is 1.65. The third kappa shape index (κ3) is 3.38. The van der Waals surface area contributed by atoms with Crippen molar-refractivity contribution in [2.75, 3.05) is 24.0 Å². The minimum atomic E-state index is -1.33. The topological polar surface area (TPSA) is 92.6 Å². The molecule has 0 spiro atoms. The molecule has 0 aliphatic rings. The Morgan fingerprint density at radius 1 is 1.45 bits per heavy atom. The van der Waals surface area contributed by atoms with Crippen molar-refractivity contribution in [3.8, 4) is 0 Å². The summed E-state index contributed by atoms with van der Waals surface area (Å²) >= 11 is 1.52. The molecule has 0 saturated carbocycles. The molecule has 1 N–H and O–H groups in total. The number of thioether (sulfide) groups is 1. The zero-order valence-corrected chi connectivity index (χ0v) is 12.4. The van der Waals surface area contributed by atoms with Gasteiger partial charge in [-0.05, 0) is 25.4 Å². The number of methoxy groups -OCH3 is 1. The molecule has 1 unspecified atom stereocenters. The van der Waals surface area contributed by atoms with Gasteiger partial charge in [0.1, 0.15) is 11.9 Å². The average molecular weight is 299 g/mol. The molecule has 1 heterocycles. The standard InChI is InChI=1S/C12H17N3O4S/c1-12(4-5-20-3,10(16)19-2)15(11(17)18)9-6-13-8-14-7-9/h6-8H,4-5H2,1-3H3,(H,17,18). The summed E-state index contributed by atoms with van der Waals surface area (Å²) in [6.07, 6.45) is 4.94. The van der Waals surface area contributed by atoms with Gasteiger partial charge in [0, 0.05) is 0 Å². The Morgan fingerprint density at radius 2 is 2.05 bits per heavy atom. The highest BCUT2D eigenvalue weighted by Gasteiger charge is 2.44. The molecule has 0 aliphatic carbocycles. The van der Waals surface area contributed by atoms with E-state index in [-0.39, 0.29) is 5.69 Å². The smallest absolute Gasteiger partial charge is 0.412 e. The Labute approximate surface area is 121 Å². The quantitative estimate of drug-likeness (QED) is 0.798. The fraction of sp³-hybridized carbons (Fsp3) is 0.500. The summed E-state index contributed by atoms with van der Waals surface area (Å²) in [5.41, 5.74) is -1.09. The second kappa shape index (κ2) is 7.09. The predicted molar refractivity (Wildman–Crippen MR) is 76.0 cm³/mol. The molecular formula is C12H17N3O4S. The van der Waals surface area contributed by atoms with Crippen LogP contribution < -0.4 is 4.90 Å². The molecule has 1 amide bonds. The maximum absolute atomic E-state index is 12.1. The summed E-state index contributed by atoms with van der Waals surface area (Å²) in [6, 6.07) is 0. The lowest BCUT2D eigenvalue weighted by molar-refractivity contribution is -0.146. The van der Waals surface area contributed by atoms with Gasteiger partial charge in [-0.15, -0.1) is 0 Å². The number of ether oxygens (including phenoxy) is 1. The molecule has 0 aromatic carbocycles. The zero-order valence-electron chi connectivity index (χ0n) is 11.6. The van der Waals surface area contributed by atoms with E-state index in [2.05, 4.69) is 9.97 Å². The van der Waals surface area contributed by atoms with E-state index in [4.69, 9.17) is 4.74 Å². The molecule has 0 radical (unpaired) electrons. The van der Waals surface area contributed by atoms with E-state index in [9.17, 15) is 14.7 Å². The lowest BCUT2D eigenvalue weighted by Gasteiger charge is -2.36. The van der Waals surface area contributed by atoms with Crippen LogP contribution in [0, 0.1) is 0 Å². The summed E-state index contributed by atoms with van der Waals surface area (Å²) in [4.78, 5) is 32.2. The minimum Gasteiger partial charge on any atom is -0.467 e. The highest BCUT2D eigenvalue weighted by molar-refractivity contribution is 7.98. The molecule has 1 aromatic rings. The second-order valence-corrected chi connectivity index (χ2v) is 5.21. The number of esters is 1. The van der Waals surface area contributed by atoms with Crippen molar-refractivity contribution in [3.63, 3.8) is 0 Å². The molecule has 0 bridgehead atoms. The lowest BCUT2D eigenvalue weighted by atomic mass is 9.96. The number of carboxylic acid groups (broad SMARTS) is 1. The number of hydrogen-bond donors (Lipinski definition) is 1. The van der Waals surface area contributed by atoms with Crippen LogP contribution in [0.3, 0.4) is 0 Å². The molecule has 0 fully saturated rings. The summed E-state index contributed by atoms with van der Waals surface area (Å²) in [5, 5.41) is 9.46. The van der Waals surface area contributed by atoms with Crippen LogP contribution in [0.15, 0.2) is 18.7 Å². The first-order chi connectivity index (χ1) is 9.47. The third-order valence-corrected chi connectivity index (χ3v) is 3.52. The second-order valence-electron chi connectivity index (χ2n) is 4.22. The van der Waals surface area contributed by atoms with E-state index in [0.29, 0.717) is 12.2 Å². The molecule has 1 atom stereocenters. The number of aromatic nitrogens is 2. The highest BCUT2D eigenvalue weighted by Crippen LogP contribution is 2.28. The van der Waals surface area contributed by atoms with E-state index in [0.717, 1.165) is 4.90 Å². The number of nitrogens with zero attached hydrogens (tertiary/aromatic N) is 3. The first-order valence-electron chi connectivity index (χ1n) is 5.83. The van der Waals surface area contributed by atoms with Crippen LogP contribution in [-0.4, -0.2) is 51.8 Å². The molecule has 20 heavy (non-hydrogen) atoms. The molecule has 7 nitrogen and oxygen atoms in total. The van der Waals surface area contributed by atoms with Crippen LogP contribution >= 0.6 is 11.8 Å². The van der Waals surface area contributed by atoms with Crippen LogP contribution in [0.25, 0.3) is 0 Å². The monoisotopic (exact) mass is 299 g/mol. The lowest BCUT2D eigenvalue weighted by Crippen LogP contribution is -2.56. The SMILES string of the molecule is COC(=O)C(C)(CCSC)N(C(=O)O)c1cncnc1. The molecule has 8 heteroatoms. The van der Waals surface area contributed by atoms with E-state index >= 15 is 0 Å². The number of amides is 1. The van der Waals surface area contributed by atoms with E-state index in [1.807, 2.05) is 6.26 Å². The molecular weight excluding hydrogens is 282 g/mol. The summed E-state index contributed by atoms with van der Waals surface area (Å²) < 4.78 is 4.77. The highest BCUT2D eigenvalue weighted by atomic mass is 32.2. The van der Waals surface area contributed by atoms with E-state index in [1.54, 1.807) is 0 Å². The maximum Gasteiger partial charge on any atom is 0.412 e. The Hall–Kier alpha value is -1.83. The summed E-state index contributed by atoms with van der Waals surface area (Å²) in [7, 11) is 1.24. The van der Waals surface area contributed by atoms with Crippen LogP contribution in [0.1, 0.15) is 13.3 Å². The van der Waals surface area contributed by atoms with Crippen molar-refractivity contribution in [1.29, 1.82) is 0 Å². The Balaban J connectivity index is 3.25. The van der Waals surface area contributed by atoms with Crippen molar-refractivity contribution < 1.29 is 19.4 Å². The normalized spacial score (nSPS) is 13.3. The van der Waals surface area contributed by atoms with Gasteiger partial charge in [-0.25, -0.2) is 19.6 Å². The molecule has 1 aromatic heterocycles. The average Bonchev–Trinajstić information content (AvgIpc) is 2.45. The zero-order chi connectivity index (χ0) is 15.2. The van der Waals surface area contributed by atoms with Gasteiger partial charge < -0.3 is 9.84 Å². The summed E-state index contributed by atoms with van der Waals surface area (Å²) in [5.74, 6) is 0.00101. The van der Waals surface area contributed by atoms with E-state index < -0.39 is 17.6 Å². The first-order valence-corrected chi connectivity index (χ1v) is 7.22. The fourth-order valence-corrected chi connectivity index (χ4v) is 2.44. The Bertz CT molecular complexity index is 471. The maximum atomic E-state index is 12.1. The van der Waals surface area contributed by atoms with Gasteiger partial charge in [-0.3, -0.25) is 4.90 Å². The van der Waals surface area contributed by atoms with Crippen molar-refractivity contribution in [1.82, 2.24) is 9.97 Å².